The molecule has 1 amide bonds. The Bertz CT molecular complexity index is 2060. The Balaban J connectivity index is 1.40. The number of sulfone groups is 1. The average molecular weight is 640 g/mol. The molecule has 6 rings (SSSR count). The molecule has 1 unspecified atom stereocenters. The predicted octanol–water partition coefficient (Wildman–Crippen LogP) is 6.58. The van der Waals surface area contributed by atoms with E-state index in [-0.39, 0.29) is 35.3 Å². The standard InChI is InChI=1S/C35H27ClFN3O4S/c36-26-14-12-23(13-15-26)21-39-34(42)30-22-38-32-28(33(30)41)18-27(37)19-31(32)45(43,44)35(16-7-17-40-35)20-29(24-8-3-1-4-9-24)25-10-5-2-6-11-25/h1-19,22,29H,20-21H2,(H,38,41)(H,39,42). The molecule has 1 aliphatic heterocycles. The van der Waals surface area contributed by atoms with Gasteiger partial charge >= 0.3 is 0 Å². The maximum absolute atomic E-state index is 15.2. The first kappa shape index (κ1) is 30.2. The van der Waals surface area contributed by atoms with E-state index in [0.29, 0.717) is 5.02 Å². The fourth-order valence-corrected chi connectivity index (χ4v) is 7.66. The van der Waals surface area contributed by atoms with Gasteiger partial charge in [0.2, 0.25) is 15.3 Å². The van der Waals surface area contributed by atoms with Gasteiger partial charge in [-0.3, -0.25) is 14.6 Å². The number of nitrogens with zero attached hydrogens (tertiary/aromatic N) is 1. The molecule has 10 heteroatoms. The van der Waals surface area contributed by atoms with Crippen molar-refractivity contribution in [2.24, 2.45) is 4.99 Å². The summed E-state index contributed by atoms with van der Waals surface area (Å²) in [6.45, 7) is 0.118. The number of hydrogen-bond donors (Lipinski definition) is 2. The minimum atomic E-state index is -4.47. The van der Waals surface area contributed by atoms with Gasteiger partial charge in [0.1, 0.15) is 11.4 Å². The summed E-state index contributed by atoms with van der Waals surface area (Å²) in [7, 11) is -4.47. The van der Waals surface area contributed by atoms with Crippen molar-refractivity contribution in [3.63, 3.8) is 0 Å². The van der Waals surface area contributed by atoms with E-state index in [1.54, 1.807) is 30.3 Å². The second-order valence-corrected chi connectivity index (χ2v) is 13.3. The third kappa shape index (κ3) is 5.84. The molecule has 2 N–H and O–H groups in total. The summed E-state index contributed by atoms with van der Waals surface area (Å²) >= 11 is 5.92. The van der Waals surface area contributed by atoms with E-state index in [9.17, 15) is 18.0 Å². The van der Waals surface area contributed by atoms with Crippen LogP contribution in [0.4, 0.5) is 4.39 Å². The molecule has 1 atom stereocenters. The Morgan fingerprint density at radius 1 is 0.956 bits per heavy atom. The number of aromatic amines is 1. The van der Waals surface area contributed by atoms with Gasteiger partial charge in [-0.05, 0) is 53.1 Å². The number of aliphatic imine (C=N–C) groups is 1. The third-order valence-corrected chi connectivity index (χ3v) is 10.4. The molecule has 226 valence electrons. The molecule has 0 aliphatic carbocycles. The number of allylic oxidation sites excluding steroid dienone is 1. The van der Waals surface area contributed by atoms with E-state index < -0.39 is 36.8 Å². The molecule has 0 saturated carbocycles. The number of hydrogen-bond acceptors (Lipinski definition) is 5. The Kier molecular flexibility index (Phi) is 8.22. The van der Waals surface area contributed by atoms with Crippen LogP contribution in [0.3, 0.4) is 0 Å². The third-order valence-electron chi connectivity index (χ3n) is 7.92. The second kappa shape index (κ2) is 12.3. The van der Waals surface area contributed by atoms with E-state index in [2.05, 4.69) is 15.3 Å². The van der Waals surface area contributed by atoms with Gasteiger partial charge in [-0.25, -0.2) is 12.8 Å². The zero-order valence-electron chi connectivity index (χ0n) is 23.8. The minimum Gasteiger partial charge on any atom is -0.359 e. The number of fused-ring (bicyclic) bond motifs is 1. The molecule has 4 aromatic carbocycles. The molecule has 0 radical (unpaired) electrons. The molecule has 1 aromatic heterocycles. The minimum absolute atomic E-state index is 0.0176. The predicted molar refractivity (Wildman–Crippen MR) is 174 cm³/mol. The van der Waals surface area contributed by atoms with Crippen LogP contribution in [0.25, 0.3) is 10.9 Å². The van der Waals surface area contributed by atoms with Crippen molar-refractivity contribution in [3.05, 3.63) is 159 Å². The number of pyridine rings is 1. The molecule has 5 aromatic rings. The maximum Gasteiger partial charge on any atom is 0.257 e. The first-order chi connectivity index (χ1) is 21.7. The van der Waals surface area contributed by atoms with E-state index in [1.807, 2.05) is 60.7 Å². The summed E-state index contributed by atoms with van der Waals surface area (Å²) in [5.74, 6) is -2.01. The molecular weight excluding hydrogens is 613 g/mol. The Morgan fingerprint density at radius 3 is 2.20 bits per heavy atom. The Labute approximate surface area is 264 Å². The summed E-state index contributed by atoms with van der Waals surface area (Å²) < 4.78 is 44.3. The number of amides is 1. The molecular formula is C35H27ClFN3O4S. The van der Waals surface area contributed by atoms with Crippen LogP contribution in [0.5, 0.6) is 0 Å². The fourth-order valence-electron chi connectivity index (χ4n) is 5.60. The Hall–Kier alpha value is -4.86. The number of halogens is 2. The summed E-state index contributed by atoms with van der Waals surface area (Å²) in [5, 5.41) is 2.94. The molecule has 45 heavy (non-hydrogen) atoms. The first-order valence-corrected chi connectivity index (χ1v) is 16.0. The quantitative estimate of drug-likeness (QED) is 0.190. The van der Waals surface area contributed by atoms with Gasteiger partial charge in [0.15, 0.2) is 4.87 Å². The highest BCUT2D eigenvalue weighted by Crippen LogP contribution is 2.43. The highest BCUT2D eigenvalue weighted by atomic mass is 35.5. The molecule has 2 heterocycles. The lowest BCUT2D eigenvalue weighted by atomic mass is 9.86. The van der Waals surface area contributed by atoms with Gasteiger partial charge in [0.05, 0.1) is 15.8 Å². The summed E-state index contributed by atoms with van der Waals surface area (Å²) in [6.07, 6.45) is 5.63. The first-order valence-electron chi connectivity index (χ1n) is 14.1. The number of rotatable bonds is 9. The van der Waals surface area contributed by atoms with Crippen molar-refractivity contribution in [1.29, 1.82) is 0 Å². The lowest BCUT2D eigenvalue weighted by molar-refractivity contribution is 0.0949. The highest BCUT2D eigenvalue weighted by Gasteiger charge is 2.47. The van der Waals surface area contributed by atoms with Crippen molar-refractivity contribution in [2.75, 3.05) is 0 Å². The number of H-pyrrole nitrogens is 1. The highest BCUT2D eigenvalue weighted by molar-refractivity contribution is 7.93. The van der Waals surface area contributed by atoms with Crippen LogP contribution in [0.1, 0.15) is 39.4 Å². The fraction of sp³-hybridized carbons (Fsp3) is 0.114. The smallest absolute Gasteiger partial charge is 0.257 e. The lowest BCUT2D eigenvalue weighted by Gasteiger charge is -2.30. The van der Waals surface area contributed by atoms with Gasteiger partial charge in [0.25, 0.3) is 5.91 Å². The zero-order chi connectivity index (χ0) is 31.6. The van der Waals surface area contributed by atoms with Crippen LogP contribution < -0.4 is 10.7 Å². The second-order valence-electron chi connectivity index (χ2n) is 10.7. The topological polar surface area (TPSA) is 108 Å². The van der Waals surface area contributed by atoms with Crippen LogP contribution in [-0.4, -0.2) is 30.4 Å². The number of benzene rings is 4. The number of carbonyl (C=O) groups excluding carboxylic acids is 1. The van der Waals surface area contributed by atoms with Gasteiger partial charge in [0, 0.05) is 36.3 Å². The van der Waals surface area contributed by atoms with Crippen molar-refractivity contribution in [2.45, 2.75) is 28.6 Å². The van der Waals surface area contributed by atoms with E-state index in [0.717, 1.165) is 35.0 Å². The monoisotopic (exact) mass is 639 g/mol. The molecule has 7 nitrogen and oxygen atoms in total. The van der Waals surface area contributed by atoms with E-state index >= 15 is 4.39 Å². The maximum atomic E-state index is 15.2. The van der Waals surface area contributed by atoms with Gasteiger partial charge in [-0.15, -0.1) is 0 Å². The Morgan fingerprint density at radius 2 is 1.60 bits per heavy atom. The van der Waals surface area contributed by atoms with Crippen LogP contribution >= 0.6 is 11.6 Å². The molecule has 1 aliphatic rings. The van der Waals surface area contributed by atoms with Crippen molar-refractivity contribution < 1.29 is 17.6 Å². The summed E-state index contributed by atoms with van der Waals surface area (Å²) in [6, 6.07) is 27.6. The number of carbonyl (C=O) groups is 1. The molecule has 0 saturated heterocycles. The van der Waals surface area contributed by atoms with E-state index in [4.69, 9.17) is 11.6 Å². The lowest BCUT2D eigenvalue weighted by Crippen LogP contribution is -2.36. The molecule has 0 spiro atoms. The summed E-state index contributed by atoms with van der Waals surface area (Å²) in [4.78, 5) is 31.5. The molecule has 0 fully saturated rings. The van der Waals surface area contributed by atoms with Crippen LogP contribution in [0, 0.1) is 5.82 Å². The van der Waals surface area contributed by atoms with Gasteiger partial charge in [-0.2, -0.15) is 0 Å². The van der Waals surface area contributed by atoms with E-state index in [1.165, 1.54) is 12.3 Å². The average Bonchev–Trinajstić information content (AvgIpc) is 3.55. The molecule has 0 bridgehead atoms. The number of nitrogens with one attached hydrogen (secondary N) is 2. The van der Waals surface area contributed by atoms with Gasteiger partial charge < -0.3 is 10.3 Å². The van der Waals surface area contributed by atoms with Crippen LogP contribution in [-0.2, 0) is 16.4 Å². The van der Waals surface area contributed by atoms with Crippen LogP contribution in [0.2, 0.25) is 5.02 Å². The van der Waals surface area contributed by atoms with Gasteiger partial charge in [-0.1, -0.05) is 84.4 Å². The number of aromatic nitrogens is 1. The summed E-state index contributed by atoms with van der Waals surface area (Å²) in [5.41, 5.74) is 1.33. The normalized spacial score (nSPS) is 16.0. The largest absolute Gasteiger partial charge is 0.359 e. The zero-order valence-corrected chi connectivity index (χ0v) is 25.4. The van der Waals surface area contributed by atoms with Crippen molar-refractivity contribution in [1.82, 2.24) is 10.3 Å². The SMILES string of the molecule is O=C(NCc1ccc(Cl)cc1)c1c[nH]c2c(S(=O)(=O)C3(CC(c4ccccc4)c4ccccc4)C=CC=N3)cc(F)cc2c1=O. The van der Waals surface area contributed by atoms with Crippen LogP contribution in [0.15, 0.2) is 130 Å². The van der Waals surface area contributed by atoms with Crippen molar-refractivity contribution >= 4 is 44.5 Å². The van der Waals surface area contributed by atoms with Crippen molar-refractivity contribution in [3.8, 4) is 0 Å².